The molecule has 2 aromatic rings. The quantitative estimate of drug-likeness (QED) is 0.839. The van der Waals surface area contributed by atoms with Crippen molar-refractivity contribution in [1.29, 1.82) is 0 Å². The van der Waals surface area contributed by atoms with E-state index < -0.39 is 5.82 Å². The first-order valence-corrected chi connectivity index (χ1v) is 6.38. The Morgan fingerprint density at radius 2 is 2.05 bits per heavy atom. The van der Waals surface area contributed by atoms with Gasteiger partial charge in [-0.1, -0.05) is 29.8 Å². The van der Waals surface area contributed by atoms with Crippen LogP contribution in [-0.4, -0.2) is 11.0 Å². The Kier molecular flexibility index (Phi) is 4.35. The molecule has 0 atom stereocenters. The van der Waals surface area contributed by atoms with Gasteiger partial charge in [-0.2, -0.15) is 0 Å². The van der Waals surface area contributed by atoms with Crippen LogP contribution in [0.4, 0.5) is 10.1 Å². The average molecular weight is 273 g/mol. The summed E-state index contributed by atoms with van der Waals surface area (Å²) in [6.45, 7) is 2.00. The summed E-state index contributed by atoms with van der Waals surface area (Å²) in [5.41, 5.74) is 2.30. The van der Waals surface area contributed by atoms with Crippen LogP contribution in [0.5, 0.6) is 5.75 Å². The van der Waals surface area contributed by atoms with Crippen molar-refractivity contribution in [2.24, 2.45) is 0 Å². The molecule has 0 saturated heterocycles. The van der Waals surface area contributed by atoms with Crippen molar-refractivity contribution >= 4 is 11.6 Å². The van der Waals surface area contributed by atoms with Crippen LogP contribution in [0.3, 0.4) is 0 Å². The molecule has 3 nitrogen and oxygen atoms in total. The van der Waals surface area contributed by atoms with E-state index in [1.165, 1.54) is 12.1 Å². The SMILES string of the molecule is Cc1cccc(CCC(=O)Nc2ccc(O)cc2F)c1. The molecular formula is C16H16FNO2. The first-order valence-electron chi connectivity index (χ1n) is 6.38. The van der Waals surface area contributed by atoms with Crippen molar-refractivity contribution in [3.8, 4) is 5.75 Å². The fraction of sp³-hybridized carbons (Fsp3) is 0.188. The number of anilines is 1. The zero-order valence-corrected chi connectivity index (χ0v) is 11.2. The van der Waals surface area contributed by atoms with E-state index in [-0.39, 0.29) is 23.8 Å². The van der Waals surface area contributed by atoms with Crippen molar-refractivity contribution < 1.29 is 14.3 Å². The van der Waals surface area contributed by atoms with Gasteiger partial charge in [0.05, 0.1) is 5.69 Å². The number of hydrogen-bond acceptors (Lipinski definition) is 2. The van der Waals surface area contributed by atoms with E-state index in [2.05, 4.69) is 5.32 Å². The molecule has 2 rings (SSSR count). The Morgan fingerprint density at radius 3 is 2.75 bits per heavy atom. The lowest BCUT2D eigenvalue weighted by atomic mass is 10.1. The molecule has 4 heteroatoms. The van der Waals surface area contributed by atoms with E-state index in [0.717, 1.165) is 17.2 Å². The number of phenols is 1. The zero-order chi connectivity index (χ0) is 14.5. The van der Waals surface area contributed by atoms with Gasteiger partial charge in [-0.05, 0) is 31.0 Å². The standard InChI is InChI=1S/C16H16FNO2/c1-11-3-2-4-12(9-11)5-8-16(20)18-15-7-6-13(19)10-14(15)17/h2-4,6-7,9-10,19H,5,8H2,1H3,(H,18,20). The molecule has 0 aliphatic heterocycles. The highest BCUT2D eigenvalue weighted by atomic mass is 19.1. The number of benzene rings is 2. The number of amides is 1. The molecule has 0 spiro atoms. The maximum Gasteiger partial charge on any atom is 0.224 e. The molecule has 0 heterocycles. The lowest BCUT2D eigenvalue weighted by Crippen LogP contribution is -2.13. The zero-order valence-electron chi connectivity index (χ0n) is 11.2. The normalized spacial score (nSPS) is 10.3. The third-order valence-corrected chi connectivity index (χ3v) is 2.95. The van der Waals surface area contributed by atoms with Crippen LogP contribution in [0.1, 0.15) is 17.5 Å². The molecule has 0 saturated carbocycles. The summed E-state index contributed by atoms with van der Waals surface area (Å²) in [6.07, 6.45) is 0.886. The van der Waals surface area contributed by atoms with E-state index in [1.807, 2.05) is 31.2 Å². The van der Waals surface area contributed by atoms with Gasteiger partial charge < -0.3 is 10.4 Å². The van der Waals surface area contributed by atoms with E-state index in [9.17, 15) is 9.18 Å². The van der Waals surface area contributed by atoms with Gasteiger partial charge in [0.2, 0.25) is 5.91 Å². The molecule has 0 aromatic heterocycles. The van der Waals surface area contributed by atoms with Crippen LogP contribution in [0.15, 0.2) is 42.5 Å². The van der Waals surface area contributed by atoms with Gasteiger partial charge in [0.1, 0.15) is 11.6 Å². The second kappa shape index (κ2) is 6.19. The van der Waals surface area contributed by atoms with Crippen molar-refractivity contribution in [2.75, 3.05) is 5.32 Å². The minimum Gasteiger partial charge on any atom is -0.508 e. The summed E-state index contributed by atoms with van der Waals surface area (Å²) in [5, 5.41) is 11.6. The molecule has 2 aromatic carbocycles. The van der Waals surface area contributed by atoms with Crippen molar-refractivity contribution in [2.45, 2.75) is 19.8 Å². The Bertz CT molecular complexity index is 626. The summed E-state index contributed by atoms with van der Waals surface area (Å²) in [4.78, 5) is 11.8. The first kappa shape index (κ1) is 14.1. The van der Waals surface area contributed by atoms with Crippen molar-refractivity contribution in [3.05, 3.63) is 59.4 Å². The number of aromatic hydroxyl groups is 1. The molecule has 20 heavy (non-hydrogen) atoms. The largest absolute Gasteiger partial charge is 0.508 e. The summed E-state index contributed by atoms with van der Waals surface area (Å²) >= 11 is 0. The monoisotopic (exact) mass is 273 g/mol. The summed E-state index contributed by atoms with van der Waals surface area (Å²) in [6, 6.07) is 11.6. The number of hydrogen-bond donors (Lipinski definition) is 2. The van der Waals surface area contributed by atoms with Crippen LogP contribution in [0.25, 0.3) is 0 Å². The topological polar surface area (TPSA) is 49.3 Å². The smallest absolute Gasteiger partial charge is 0.224 e. The van der Waals surface area contributed by atoms with Crippen LogP contribution in [-0.2, 0) is 11.2 Å². The number of carbonyl (C=O) groups is 1. The third-order valence-electron chi connectivity index (χ3n) is 2.95. The number of nitrogens with one attached hydrogen (secondary N) is 1. The molecule has 104 valence electrons. The number of carbonyl (C=O) groups excluding carboxylic acids is 1. The lowest BCUT2D eigenvalue weighted by Gasteiger charge is -2.07. The van der Waals surface area contributed by atoms with Gasteiger partial charge in [-0.3, -0.25) is 4.79 Å². The fourth-order valence-corrected chi connectivity index (χ4v) is 1.94. The van der Waals surface area contributed by atoms with Gasteiger partial charge in [-0.15, -0.1) is 0 Å². The molecule has 2 N–H and O–H groups in total. The van der Waals surface area contributed by atoms with E-state index in [1.54, 1.807) is 0 Å². The summed E-state index contributed by atoms with van der Waals surface area (Å²) in [7, 11) is 0. The van der Waals surface area contributed by atoms with Crippen molar-refractivity contribution in [1.82, 2.24) is 0 Å². The van der Waals surface area contributed by atoms with Crippen LogP contribution in [0.2, 0.25) is 0 Å². The van der Waals surface area contributed by atoms with E-state index in [0.29, 0.717) is 6.42 Å². The molecule has 0 aliphatic carbocycles. The van der Waals surface area contributed by atoms with Gasteiger partial charge in [0, 0.05) is 12.5 Å². The van der Waals surface area contributed by atoms with Crippen LogP contribution in [0, 0.1) is 12.7 Å². The lowest BCUT2D eigenvalue weighted by molar-refractivity contribution is -0.116. The Labute approximate surface area is 117 Å². The molecular weight excluding hydrogens is 257 g/mol. The van der Waals surface area contributed by atoms with E-state index >= 15 is 0 Å². The number of rotatable bonds is 4. The molecule has 1 amide bonds. The van der Waals surface area contributed by atoms with E-state index in [4.69, 9.17) is 5.11 Å². The summed E-state index contributed by atoms with van der Waals surface area (Å²) < 4.78 is 13.5. The Balaban J connectivity index is 1.92. The second-order valence-electron chi connectivity index (χ2n) is 4.70. The highest BCUT2D eigenvalue weighted by molar-refractivity contribution is 5.91. The minimum absolute atomic E-state index is 0.0806. The van der Waals surface area contributed by atoms with Gasteiger partial charge in [-0.25, -0.2) is 4.39 Å². The maximum absolute atomic E-state index is 13.5. The second-order valence-corrected chi connectivity index (χ2v) is 4.70. The number of aryl methyl sites for hydroxylation is 2. The molecule has 0 bridgehead atoms. The predicted octanol–water partition coefficient (Wildman–Crippen LogP) is 3.41. The number of halogens is 1. The fourth-order valence-electron chi connectivity index (χ4n) is 1.94. The van der Waals surface area contributed by atoms with Gasteiger partial charge in [0.25, 0.3) is 0 Å². The molecule has 0 fully saturated rings. The van der Waals surface area contributed by atoms with Gasteiger partial charge in [0.15, 0.2) is 0 Å². The molecule has 0 aliphatic rings. The highest BCUT2D eigenvalue weighted by Gasteiger charge is 2.08. The highest BCUT2D eigenvalue weighted by Crippen LogP contribution is 2.19. The van der Waals surface area contributed by atoms with Crippen LogP contribution >= 0.6 is 0 Å². The van der Waals surface area contributed by atoms with Gasteiger partial charge >= 0.3 is 0 Å². The van der Waals surface area contributed by atoms with Crippen LogP contribution < -0.4 is 5.32 Å². The van der Waals surface area contributed by atoms with Crippen molar-refractivity contribution in [3.63, 3.8) is 0 Å². The minimum atomic E-state index is -0.645. The third kappa shape index (κ3) is 3.82. The predicted molar refractivity (Wildman–Crippen MR) is 76.2 cm³/mol. The summed E-state index contributed by atoms with van der Waals surface area (Å²) in [5.74, 6) is -1.06. The maximum atomic E-state index is 13.5. The molecule has 0 radical (unpaired) electrons. The Hall–Kier alpha value is -2.36. The average Bonchev–Trinajstić information content (AvgIpc) is 2.40. The first-order chi connectivity index (χ1) is 9.54. The number of phenolic OH excluding ortho intramolecular Hbond substituents is 1. The molecule has 0 unspecified atom stereocenters. The Morgan fingerprint density at radius 1 is 1.25 bits per heavy atom.